The number of rotatable bonds is 7. The van der Waals surface area contributed by atoms with Crippen LogP contribution in [-0.4, -0.2) is 40.0 Å². The van der Waals surface area contributed by atoms with Gasteiger partial charge in [-0.1, -0.05) is 37.3 Å². The molecule has 0 unspecified atom stereocenters. The van der Waals surface area contributed by atoms with E-state index in [0.717, 1.165) is 12.0 Å². The van der Waals surface area contributed by atoms with Gasteiger partial charge >= 0.3 is 5.97 Å². The number of aliphatic carboxylic acids is 1. The fraction of sp³-hybridized carbons (Fsp3) is 0.409. The van der Waals surface area contributed by atoms with Crippen molar-refractivity contribution in [1.29, 1.82) is 0 Å². The Hall–Kier alpha value is -2.73. The van der Waals surface area contributed by atoms with Gasteiger partial charge in [0, 0.05) is 38.6 Å². The van der Waals surface area contributed by atoms with Crippen molar-refractivity contribution in [2.24, 2.45) is 11.8 Å². The first kappa shape index (κ1) is 20.0. The zero-order valence-electron chi connectivity index (χ0n) is 16.2. The largest absolute Gasteiger partial charge is 0.481 e. The molecule has 2 atom stereocenters. The summed E-state index contributed by atoms with van der Waals surface area (Å²) in [5.41, 5.74) is 3.39. The highest BCUT2D eigenvalue weighted by Gasteiger charge is 2.35. The number of hydrogen-bond acceptors (Lipinski definition) is 4. The van der Waals surface area contributed by atoms with Gasteiger partial charge in [0.25, 0.3) is 0 Å². The molecule has 0 radical (unpaired) electrons. The monoisotopic (exact) mass is 381 g/mol. The van der Waals surface area contributed by atoms with Crippen LogP contribution in [0.15, 0.2) is 48.8 Å². The summed E-state index contributed by atoms with van der Waals surface area (Å²) in [5.74, 6) is -1.79. The van der Waals surface area contributed by atoms with E-state index < -0.39 is 11.9 Å². The molecule has 3 rings (SSSR count). The zero-order valence-corrected chi connectivity index (χ0v) is 16.2. The number of carbonyl (C=O) groups is 2. The molecule has 1 aliphatic heterocycles. The van der Waals surface area contributed by atoms with Crippen molar-refractivity contribution >= 4 is 11.9 Å². The number of nitrogens with one attached hydrogen (secondary N) is 1. The second-order valence-corrected chi connectivity index (χ2v) is 7.36. The maximum absolute atomic E-state index is 12.7. The second-order valence-electron chi connectivity index (χ2n) is 7.36. The predicted octanol–water partition coefficient (Wildman–Crippen LogP) is 2.48. The normalized spacial score (nSPS) is 19.9. The lowest BCUT2D eigenvalue weighted by Crippen LogP contribution is -2.47. The number of pyridine rings is 1. The minimum Gasteiger partial charge on any atom is -0.481 e. The summed E-state index contributed by atoms with van der Waals surface area (Å²) in [4.78, 5) is 30.5. The molecule has 2 aromatic rings. The molecule has 148 valence electrons. The molecular formula is C22H27N3O3. The molecule has 0 saturated carbocycles. The molecule has 0 spiro atoms. The number of carboxylic acid groups (broad SMARTS) is 1. The number of likely N-dealkylation sites (tertiary alicyclic amines) is 1. The van der Waals surface area contributed by atoms with Crippen LogP contribution in [0.1, 0.15) is 30.0 Å². The molecule has 0 bridgehead atoms. The minimum atomic E-state index is -0.835. The number of aromatic nitrogens is 1. The third-order valence-corrected chi connectivity index (χ3v) is 5.33. The summed E-state index contributed by atoms with van der Waals surface area (Å²) in [5, 5.41) is 12.5. The smallest absolute Gasteiger partial charge is 0.307 e. The fourth-order valence-electron chi connectivity index (χ4n) is 3.82. The van der Waals surface area contributed by atoms with Crippen LogP contribution in [0, 0.1) is 11.8 Å². The van der Waals surface area contributed by atoms with E-state index >= 15 is 0 Å². The Labute approximate surface area is 165 Å². The third kappa shape index (κ3) is 5.16. The van der Waals surface area contributed by atoms with E-state index in [1.807, 2.05) is 24.3 Å². The summed E-state index contributed by atoms with van der Waals surface area (Å²) in [6.45, 7) is 4.23. The van der Waals surface area contributed by atoms with Crippen LogP contribution in [0.25, 0.3) is 0 Å². The van der Waals surface area contributed by atoms with Gasteiger partial charge in [-0.05, 0) is 35.6 Å². The predicted molar refractivity (Wildman–Crippen MR) is 106 cm³/mol. The Kier molecular flexibility index (Phi) is 6.76. The van der Waals surface area contributed by atoms with Crippen molar-refractivity contribution in [2.75, 3.05) is 13.1 Å². The summed E-state index contributed by atoms with van der Waals surface area (Å²) in [7, 11) is 0. The minimum absolute atomic E-state index is 0.0939. The van der Waals surface area contributed by atoms with Crippen LogP contribution in [0.4, 0.5) is 0 Å². The number of carbonyl (C=O) groups excluding carboxylic acids is 1. The Morgan fingerprint density at radius 2 is 1.89 bits per heavy atom. The first-order chi connectivity index (χ1) is 13.6. The molecule has 1 saturated heterocycles. The number of piperidine rings is 1. The highest BCUT2D eigenvalue weighted by Crippen LogP contribution is 2.25. The summed E-state index contributed by atoms with van der Waals surface area (Å²) >= 11 is 0. The maximum atomic E-state index is 12.7. The number of nitrogens with zero attached hydrogens (tertiary/aromatic N) is 2. The van der Waals surface area contributed by atoms with Gasteiger partial charge in [0.05, 0.1) is 11.8 Å². The summed E-state index contributed by atoms with van der Waals surface area (Å²) in [6.07, 6.45) is 4.71. The lowest BCUT2D eigenvalue weighted by molar-refractivity contribution is -0.145. The molecule has 1 aromatic heterocycles. The van der Waals surface area contributed by atoms with E-state index in [1.54, 1.807) is 12.4 Å². The van der Waals surface area contributed by atoms with E-state index in [0.29, 0.717) is 32.6 Å². The van der Waals surface area contributed by atoms with Gasteiger partial charge in [-0.2, -0.15) is 0 Å². The molecule has 28 heavy (non-hydrogen) atoms. The van der Waals surface area contributed by atoms with Gasteiger partial charge in [0.15, 0.2) is 0 Å². The van der Waals surface area contributed by atoms with E-state index in [1.165, 1.54) is 11.1 Å². The topological polar surface area (TPSA) is 82.5 Å². The zero-order chi connectivity index (χ0) is 19.9. The Bertz CT molecular complexity index is 810. The van der Waals surface area contributed by atoms with E-state index in [2.05, 4.69) is 34.3 Å². The molecule has 1 aromatic carbocycles. The van der Waals surface area contributed by atoms with Crippen LogP contribution >= 0.6 is 0 Å². The van der Waals surface area contributed by atoms with Crippen LogP contribution in [0.2, 0.25) is 0 Å². The van der Waals surface area contributed by atoms with Crippen molar-refractivity contribution < 1.29 is 14.7 Å². The number of benzene rings is 1. The van der Waals surface area contributed by atoms with Gasteiger partial charge in [-0.3, -0.25) is 19.5 Å². The SMILES string of the molecule is CCc1ccccc1CN1C[C@@H](C(=O)O)C[C@@H](C(=O)NCc2cccnc2)C1. The van der Waals surface area contributed by atoms with Crippen molar-refractivity contribution in [3.8, 4) is 0 Å². The molecule has 2 heterocycles. The number of amides is 1. The third-order valence-electron chi connectivity index (χ3n) is 5.33. The first-order valence-electron chi connectivity index (χ1n) is 9.75. The van der Waals surface area contributed by atoms with Crippen LogP contribution in [-0.2, 0) is 29.1 Å². The Balaban J connectivity index is 1.67. The van der Waals surface area contributed by atoms with Crippen LogP contribution < -0.4 is 5.32 Å². The van der Waals surface area contributed by atoms with E-state index in [-0.39, 0.29) is 11.8 Å². The van der Waals surface area contributed by atoms with Crippen LogP contribution in [0.5, 0.6) is 0 Å². The van der Waals surface area contributed by atoms with Crippen molar-refractivity contribution in [2.45, 2.75) is 32.9 Å². The van der Waals surface area contributed by atoms with Gasteiger partial charge in [0.1, 0.15) is 0 Å². The van der Waals surface area contributed by atoms with Gasteiger partial charge in [0.2, 0.25) is 5.91 Å². The average Bonchev–Trinajstić information content (AvgIpc) is 2.73. The van der Waals surface area contributed by atoms with E-state index in [4.69, 9.17) is 0 Å². The van der Waals surface area contributed by atoms with Gasteiger partial charge < -0.3 is 10.4 Å². The molecule has 1 aliphatic rings. The summed E-state index contributed by atoms with van der Waals surface area (Å²) in [6, 6.07) is 11.9. The highest BCUT2D eigenvalue weighted by atomic mass is 16.4. The number of aryl methyl sites for hydroxylation is 1. The Morgan fingerprint density at radius 1 is 1.14 bits per heavy atom. The maximum Gasteiger partial charge on any atom is 0.307 e. The average molecular weight is 381 g/mol. The standard InChI is InChI=1S/C22H27N3O3/c1-2-17-7-3-4-8-18(17)13-25-14-19(10-20(15-25)22(27)28)21(26)24-12-16-6-5-9-23-11-16/h3-9,11,19-20H,2,10,12-15H2,1H3,(H,24,26)(H,27,28)/t19-,20+/m1/s1. The molecular weight excluding hydrogens is 354 g/mol. The number of carboxylic acids is 1. The highest BCUT2D eigenvalue weighted by molar-refractivity contribution is 5.80. The summed E-state index contributed by atoms with van der Waals surface area (Å²) < 4.78 is 0. The van der Waals surface area contributed by atoms with Gasteiger partial charge in [-0.15, -0.1) is 0 Å². The molecule has 6 nitrogen and oxygen atoms in total. The Morgan fingerprint density at radius 3 is 2.57 bits per heavy atom. The fourth-order valence-corrected chi connectivity index (χ4v) is 3.82. The van der Waals surface area contributed by atoms with Crippen molar-refractivity contribution in [3.63, 3.8) is 0 Å². The molecule has 2 N–H and O–H groups in total. The van der Waals surface area contributed by atoms with Crippen molar-refractivity contribution in [3.05, 3.63) is 65.5 Å². The van der Waals surface area contributed by atoms with E-state index in [9.17, 15) is 14.7 Å². The second kappa shape index (κ2) is 9.46. The number of hydrogen-bond donors (Lipinski definition) is 2. The quantitative estimate of drug-likeness (QED) is 0.770. The first-order valence-corrected chi connectivity index (χ1v) is 9.75. The lowest BCUT2D eigenvalue weighted by Gasteiger charge is -2.35. The van der Waals surface area contributed by atoms with Crippen LogP contribution in [0.3, 0.4) is 0 Å². The molecule has 1 amide bonds. The molecule has 1 fully saturated rings. The lowest BCUT2D eigenvalue weighted by atomic mass is 9.88. The van der Waals surface area contributed by atoms with Crippen molar-refractivity contribution in [1.82, 2.24) is 15.2 Å². The molecule has 0 aliphatic carbocycles. The van der Waals surface area contributed by atoms with Gasteiger partial charge in [-0.25, -0.2) is 0 Å². The molecule has 6 heteroatoms.